The van der Waals surface area contributed by atoms with E-state index in [9.17, 15) is 8.42 Å². The predicted octanol–water partition coefficient (Wildman–Crippen LogP) is 2.39. The average molecular weight is 270 g/mol. The second kappa shape index (κ2) is 5.28. The van der Waals surface area contributed by atoms with Crippen molar-refractivity contribution in [1.82, 2.24) is 4.31 Å². The number of anilines is 1. The molecule has 0 fully saturated rings. The van der Waals surface area contributed by atoms with E-state index in [-0.39, 0.29) is 5.41 Å². The van der Waals surface area contributed by atoms with Gasteiger partial charge in [-0.05, 0) is 23.6 Å². The maximum absolute atomic E-state index is 12.0. The maximum Gasteiger partial charge on any atom is 0.242 e. The van der Waals surface area contributed by atoms with Crippen LogP contribution in [0.4, 0.5) is 5.69 Å². The highest BCUT2D eigenvalue weighted by molar-refractivity contribution is 7.89. The van der Waals surface area contributed by atoms with Crippen LogP contribution in [0.25, 0.3) is 0 Å². The number of hydrogen-bond acceptors (Lipinski definition) is 3. The first kappa shape index (κ1) is 15.0. The van der Waals surface area contributed by atoms with Crippen LogP contribution in [0, 0.1) is 5.41 Å². The second-order valence-electron chi connectivity index (χ2n) is 5.73. The zero-order valence-electron chi connectivity index (χ0n) is 11.7. The fourth-order valence-electron chi connectivity index (χ4n) is 1.34. The van der Waals surface area contributed by atoms with E-state index in [0.29, 0.717) is 4.90 Å². The number of benzene rings is 1. The first-order chi connectivity index (χ1) is 8.13. The van der Waals surface area contributed by atoms with Crippen LogP contribution in [-0.4, -0.2) is 33.4 Å². The van der Waals surface area contributed by atoms with Gasteiger partial charge in [0.2, 0.25) is 10.0 Å². The normalized spacial score (nSPS) is 12.8. The van der Waals surface area contributed by atoms with E-state index >= 15 is 0 Å². The van der Waals surface area contributed by atoms with Crippen LogP contribution in [0.5, 0.6) is 0 Å². The van der Waals surface area contributed by atoms with Gasteiger partial charge in [-0.25, -0.2) is 12.7 Å². The van der Waals surface area contributed by atoms with Gasteiger partial charge in [0.15, 0.2) is 0 Å². The Kier molecular flexibility index (Phi) is 4.40. The molecule has 1 rings (SSSR count). The highest BCUT2D eigenvalue weighted by Gasteiger charge is 2.17. The van der Waals surface area contributed by atoms with Gasteiger partial charge in [0.1, 0.15) is 0 Å². The summed E-state index contributed by atoms with van der Waals surface area (Å²) < 4.78 is 25.2. The summed E-state index contributed by atoms with van der Waals surface area (Å²) in [6.07, 6.45) is 0. The molecule has 0 aromatic heterocycles. The molecule has 5 heteroatoms. The third kappa shape index (κ3) is 3.99. The van der Waals surface area contributed by atoms with Crippen molar-refractivity contribution in [3.8, 4) is 0 Å². The third-order valence-corrected chi connectivity index (χ3v) is 4.25. The Morgan fingerprint density at radius 2 is 1.83 bits per heavy atom. The lowest BCUT2D eigenvalue weighted by Gasteiger charge is -2.20. The van der Waals surface area contributed by atoms with Crippen molar-refractivity contribution in [3.63, 3.8) is 0 Å². The Morgan fingerprint density at radius 1 is 1.22 bits per heavy atom. The van der Waals surface area contributed by atoms with Gasteiger partial charge in [-0.2, -0.15) is 0 Å². The molecule has 18 heavy (non-hydrogen) atoms. The second-order valence-corrected chi connectivity index (χ2v) is 7.88. The molecule has 0 amide bonds. The summed E-state index contributed by atoms with van der Waals surface area (Å²) in [5.74, 6) is 0. The lowest BCUT2D eigenvalue weighted by molar-refractivity contribution is 0.443. The number of rotatable bonds is 4. The molecule has 0 saturated carbocycles. The number of nitrogens with zero attached hydrogens (tertiary/aromatic N) is 1. The van der Waals surface area contributed by atoms with E-state index in [4.69, 9.17) is 0 Å². The van der Waals surface area contributed by atoms with Gasteiger partial charge in [0, 0.05) is 26.3 Å². The lowest BCUT2D eigenvalue weighted by atomic mass is 9.97. The number of hydrogen-bond donors (Lipinski definition) is 1. The fourth-order valence-corrected chi connectivity index (χ4v) is 2.29. The summed E-state index contributed by atoms with van der Waals surface area (Å²) >= 11 is 0. The van der Waals surface area contributed by atoms with Crippen molar-refractivity contribution in [2.75, 3.05) is 26.0 Å². The molecular weight excluding hydrogens is 248 g/mol. The summed E-state index contributed by atoms with van der Waals surface area (Å²) in [5.41, 5.74) is 0.976. The Morgan fingerprint density at radius 3 is 2.33 bits per heavy atom. The van der Waals surface area contributed by atoms with Gasteiger partial charge in [0.05, 0.1) is 4.90 Å². The van der Waals surface area contributed by atoms with Crippen LogP contribution >= 0.6 is 0 Å². The van der Waals surface area contributed by atoms with Gasteiger partial charge in [-0.1, -0.05) is 26.8 Å². The fraction of sp³-hybridized carbons (Fsp3) is 0.538. The van der Waals surface area contributed by atoms with Crippen LogP contribution < -0.4 is 5.32 Å². The standard InChI is InChI=1S/C13H22N2O2S/c1-13(2,3)10-14-11-7-6-8-12(9-11)18(16,17)15(4)5/h6-9,14H,10H2,1-5H3. The van der Waals surface area contributed by atoms with Crippen molar-refractivity contribution >= 4 is 15.7 Å². The van der Waals surface area contributed by atoms with Crippen LogP contribution in [0.1, 0.15) is 20.8 Å². The van der Waals surface area contributed by atoms with E-state index in [1.165, 1.54) is 18.4 Å². The molecule has 1 aromatic carbocycles. The number of nitrogens with one attached hydrogen (secondary N) is 1. The summed E-state index contributed by atoms with van der Waals surface area (Å²) in [6, 6.07) is 6.90. The molecule has 0 radical (unpaired) electrons. The minimum absolute atomic E-state index is 0.149. The van der Waals surface area contributed by atoms with Gasteiger partial charge < -0.3 is 5.32 Å². The Bertz CT molecular complexity index is 502. The molecule has 0 atom stereocenters. The summed E-state index contributed by atoms with van der Waals surface area (Å²) in [5, 5.41) is 3.25. The minimum atomic E-state index is -3.36. The Balaban J connectivity index is 2.94. The third-order valence-electron chi connectivity index (χ3n) is 2.44. The summed E-state index contributed by atoms with van der Waals surface area (Å²) in [6.45, 7) is 7.17. The molecule has 0 saturated heterocycles. The molecular formula is C13H22N2O2S. The van der Waals surface area contributed by atoms with E-state index in [1.54, 1.807) is 18.2 Å². The molecule has 0 aliphatic carbocycles. The molecule has 4 nitrogen and oxygen atoms in total. The molecule has 0 aliphatic rings. The highest BCUT2D eigenvalue weighted by Crippen LogP contribution is 2.20. The summed E-state index contributed by atoms with van der Waals surface area (Å²) in [7, 11) is -0.295. The lowest BCUT2D eigenvalue weighted by Crippen LogP contribution is -2.22. The first-order valence-corrected chi connectivity index (χ1v) is 7.33. The first-order valence-electron chi connectivity index (χ1n) is 5.89. The van der Waals surface area contributed by atoms with E-state index in [1.807, 2.05) is 6.07 Å². The molecule has 102 valence electrons. The van der Waals surface area contributed by atoms with Crippen molar-refractivity contribution < 1.29 is 8.42 Å². The topological polar surface area (TPSA) is 49.4 Å². The van der Waals surface area contributed by atoms with E-state index < -0.39 is 10.0 Å². The van der Waals surface area contributed by atoms with E-state index in [0.717, 1.165) is 12.2 Å². The molecule has 0 bridgehead atoms. The van der Waals surface area contributed by atoms with Crippen LogP contribution in [-0.2, 0) is 10.0 Å². The Labute approximate surface area is 110 Å². The van der Waals surface area contributed by atoms with Crippen molar-refractivity contribution in [3.05, 3.63) is 24.3 Å². The van der Waals surface area contributed by atoms with E-state index in [2.05, 4.69) is 26.1 Å². The van der Waals surface area contributed by atoms with Crippen molar-refractivity contribution in [1.29, 1.82) is 0 Å². The van der Waals surface area contributed by atoms with Gasteiger partial charge in [-0.15, -0.1) is 0 Å². The predicted molar refractivity (Wildman–Crippen MR) is 75.3 cm³/mol. The minimum Gasteiger partial charge on any atom is -0.384 e. The van der Waals surface area contributed by atoms with Crippen LogP contribution in [0.2, 0.25) is 0 Å². The molecule has 0 unspecified atom stereocenters. The smallest absolute Gasteiger partial charge is 0.242 e. The van der Waals surface area contributed by atoms with Gasteiger partial charge >= 0.3 is 0 Å². The van der Waals surface area contributed by atoms with Crippen LogP contribution in [0.15, 0.2) is 29.2 Å². The molecule has 0 aliphatic heterocycles. The maximum atomic E-state index is 12.0. The Hall–Kier alpha value is -1.07. The largest absolute Gasteiger partial charge is 0.384 e. The zero-order valence-corrected chi connectivity index (χ0v) is 12.5. The zero-order chi connectivity index (χ0) is 14.0. The number of sulfonamides is 1. The van der Waals surface area contributed by atoms with Gasteiger partial charge in [-0.3, -0.25) is 0 Å². The molecule has 0 spiro atoms. The summed E-state index contributed by atoms with van der Waals surface area (Å²) in [4.78, 5) is 0.311. The van der Waals surface area contributed by atoms with Gasteiger partial charge in [0.25, 0.3) is 0 Å². The average Bonchev–Trinajstić information content (AvgIpc) is 2.25. The molecule has 0 heterocycles. The molecule has 1 aromatic rings. The molecule has 1 N–H and O–H groups in total. The quantitative estimate of drug-likeness (QED) is 0.914. The SMILES string of the molecule is CN(C)S(=O)(=O)c1cccc(NCC(C)(C)C)c1. The highest BCUT2D eigenvalue weighted by atomic mass is 32.2. The van der Waals surface area contributed by atoms with Crippen LogP contribution in [0.3, 0.4) is 0 Å². The van der Waals surface area contributed by atoms with Crippen molar-refractivity contribution in [2.24, 2.45) is 5.41 Å². The monoisotopic (exact) mass is 270 g/mol. The van der Waals surface area contributed by atoms with Crippen molar-refractivity contribution in [2.45, 2.75) is 25.7 Å².